The molecule has 0 bridgehead atoms. The molecule has 8 heteroatoms. The third-order valence-corrected chi connectivity index (χ3v) is 3.85. The smallest absolute Gasteiger partial charge is 0.270 e. The standard InChI is InChI=1S/C15H20N4O4/c1-11(15(21)18-8-6-17(2)7-9-18)16-14(20)12-4-3-5-13(10-12)19(22)23/h3-5,10-11H,6-9H2,1-2H3,(H,16,20). The van der Waals surface area contributed by atoms with Crippen LogP contribution >= 0.6 is 0 Å². The van der Waals surface area contributed by atoms with Gasteiger partial charge in [0.25, 0.3) is 11.6 Å². The third-order valence-electron chi connectivity index (χ3n) is 3.85. The molecule has 0 radical (unpaired) electrons. The topological polar surface area (TPSA) is 95.8 Å². The zero-order chi connectivity index (χ0) is 17.0. The van der Waals surface area contributed by atoms with Crippen molar-refractivity contribution in [1.29, 1.82) is 0 Å². The summed E-state index contributed by atoms with van der Waals surface area (Å²) in [7, 11) is 2.00. The van der Waals surface area contributed by atoms with Crippen LogP contribution in [0.2, 0.25) is 0 Å². The molecule has 1 aliphatic heterocycles. The second kappa shape index (κ2) is 7.19. The lowest BCUT2D eigenvalue weighted by atomic mass is 10.1. The first-order valence-corrected chi connectivity index (χ1v) is 7.41. The molecule has 1 N–H and O–H groups in total. The molecule has 1 aliphatic rings. The van der Waals surface area contributed by atoms with E-state index >= 15 is 0 Å². The predicted molar refractivity (Wildman–Crippen MR) is 84.1 cm³/mol. The predicted octanol–water partition coefficient (Wildman–Crippen LogP) is 0.487. The number of carbonyl (C=O) groups excluding carboxylic acids is 2. The average molecular weight is 320 g/mol. The van der Waals surface area contributed by atoms with E-state index in [9.17, 15) is 19.7 Å². The van der Waals surface area contributed by atoms with Crippen molar-refractivity contribution in [2.75, 3.05) is 33.2 Å². The fraction of sp³-hybridized carbons (Fsp3) is 0.467. The number of nitrogens with one attached hydrogen (secondary N) is 1. The van der Waals surface area contributed by atoms with Gasteiger partial charge in [-0.05, 0) is 20.0 Å². The summed E-state index contributed by atoms with van der Waals surface area (Å²) in [5.74, 6) is -0.638. The van der Waals surface area contributed by atoms with Crippen LogP contribution in [-0.4, -0.2) is 65.8 Å². The van der Waals surface area contributed by atoms with Gasteiger partial charge in [0.15, 0.2) is 0 Å². The van der Waals surface area contributed by atoms with Gasteiger partial charge in [0, 0.05) is 43.9 Å². The van der Waals surface area contributed by atoms with Crippen LogP contribution in [0, 0.1) is 10.1 Å². The van der Waals surface area contributed by atoms with Crippen LogP contribution in [-0.2, 0) is 4.79 Å². The Morgan fingerprint density at radius 2 is 1.91 bits per heavy atom. The van der Waals surface area contributed by atoms with E-state index in [0.717, 1.165) is 13.1 Å². The maximum absolute atomic E-state index is 12.3. The Hall–Kier alpha value is -2.48. The molecule has 1 heterocycles. The molecule has 1 unspecified atom stereocenters. The van der Waals surface area contributed by atoms with E-state index in [-0.39, 0.29) is 17.2 Å². The Kier molecular flexibility index (Phi) is 5.28. The molecule has 0 aromatic heterocycles. The second-order valence-corrected chi connectivity index (χ2v) is 5.63. The van der Waals surface area contributed by atoms with E-state index in [2.05, 4.69) is 10.2 Å². The van der Waals surface area contributed by atoms with Crippen LogP contribution in [0.25, 0.3) is 0 Å². The summed E-state index contributed by atoms with van der Waals surface area (Å²) >= 11 is 0. The molecule has 2 rings (SSSR count). The minimum Gasteiger partial charge on any atom is -0.341 e. The quantitative estimate of drug-likeness (QED) is 0.643. The molecule has 8 nitrogen and oxygen atoms in total. The molecular formula is C15H20N4O4. The fourth-order valence-electron chi connectivity index (χ4n) is 2.40. The molecule has 1 aromatic carbocycles. The van der Waals surface area contributed by atoms with Crippen LogP contribution in [0.3, 0.4) is 0 Å². The van der Waals surface area contributed by atoms with Crippen LogP contribution in [0.4, 0.5) is 5.69 Å². The minimum atomic E-state index is -0.676. The number of rotatable bonds is 4. The number of likely N-dealkylation sites (N-methyl/N-ethyl adjacent to an activating group) is 1. The SMILES string of the molecule is CC(NC(=O)c1cccc([N+](=O)[O-])c1)C(=O)N1CCN(C)CC1. The maximum atomic E-state index is 12.3. The number of nitrogens with zero attached hydrogens (tertiary/aromatic N) is 3. The molecule has 1 fully saturated rings. The Morgan fingerprint density at radius 3 is 2.52 bits per heavy atom. The van der Waals surface area contributed by atoms with Crippen molar-refractivity contribution in [2.45, 2.75) is 13.0 Å². The van der Waals surface area contributed by atoms with E-state index in [1.54, 1.807) is 11.8 Å². The first-order valence-electron chi connectivity index (χ1n) is 7.41. The van der Waals surface area contributed by atoms with Crippen molar-refractivity contribution in [1.82, 2.24) is 15.1 Å². The normalized spacial score (nSPS) is 16.7. The van der Waals surface area contributed by atoms with Gasteiger partial charge in [-0.1, -0.05) is 6.07 Å². The largest absolute Gasteiger partial charge is 0.341 e. The number of benzene rings is 1. The van der Waals surface area contributed by atoms with E-state index in [4.69, 9.17) is 0 Å². The van der Waals surface area contributed by atoms with Gasteiger partial charge < -0.3 is 15.1 Å². The number of hydrogen-bond acceptors (Lipinski definition) is 5. The monoisotopic (exact) mass is 320 g/mol. The maximum Gasteiger partial charge on any atom is 0.270 e. The Balaban J connectivity index is 1.97. The average Bonchev–Trinajstić information content (AvgIpc) is 2.54. The molecular weight excluding hydrogens is 300 g/mol. The first-order chi connectivity index (χ1) is 10.9. The lowest BCUT2D eigenvalue weighted by molar-refractivity contribution is -0.384. The molecule has 0 aliphatic carbocycles. The van der Waals surface area contributed by atoms with E-state index in [1.165, 1.54) is 24.3 Å². The summed E-state index contributed by atoms with van der Waals surface area (Å²) in [4.78, 5) is 38.5. The Morgan fingerprint density at radius 1 is 1.26 bits per heavy atom. The highest BCUT2D eigenvalue weighted by molar-refractivity contribution is 5.97. The van der Waals surface area contributed by atoms with Crippen molar-refractivity contribution in [3.05, 3.63) is 39.9 Å². The molecule has 124 valence electrons. The Bertz CT molecular complexity index is 611. The fourth-order valence-corrected chi connectivity index (χ4v) is 2.40. The lowest BCUT2D eigenvalue weighted by Crippen LogP contribution is -2.53. The number of hydrogen-bond donors (Lipinski definition) is 1. The molecule has 1 saturated heterocycles. The number of piperazine rings is 1. The third kappa shape index (κ3) is 4.26. The van der Waals surface area contributed by atoms with E-state index < -0.39 is 16.9 Å². The van der Waals surface area contributed by atoms with Gasteiger partial charge in [-0.15, -0.1) is 0 Å². The minimum absolute atomic E-state index is 0.142. The number of nitro benzene ring substituents is 1. The van der Waals surface area contributed by atoms with Crippen molar-refractivity contribution < 1.29 is 14.5 Å². The van der Waals surface area contributed by atoms with Crippen molar-refractivity contribution in [3.63, 3.8) is 0 Å². The van der Waals surface area contributed by atoms with Gasteiger partial charge in [0.1, 0.15) is 6.04 Å². The van der Waals surface area contributed by atoms with Gasteiger partial charge in [-0.25, -0.2) is 0 Å². The summed E-state index contributed by atoms with van der Waals surface area (Å²) < 4.78 is 0. The van der Waals surface area contributed by atoms with Crippen LogP contribution in [0.5, 0.6) is 0 Å². The number of amides is 2. The second-order valence-electron chi connectivity index (χ2n) is 5.63. The molecule has 1 aromatic rings. The van der Waals surface area contributed by atoms with Crippen molar-refractivity contribution in [3.8, 4) is 0 Å². The van der Waals surface area contributed by atoms with Crippen LogP contribution < -0.4 is 5.32 Å². The van der Waals surface area contributed by atoms with Crippen molar-refractivity contribution in [2.24, 2.45) is 0 Å². The summed E-state index contributed by atoms with van der Waals surface area (Å²) in [6.45, 7) is 4.49. The number of non-ortho nitro benzene ring substituents is 1. The highest BCUT2D eigenvalue weighted by Crippen LogP contribution is 2.13. The molecule has 2 amide bonds. The van der Waals surface area contributed by atoms with E-state index in [1.807, 2.05) is 7.05 Å². The van der Waals surface area contributed by atoms with Gasteiger partial charge >= 0.3 is 0 Å². The highest BCUT2D eigenvalue weighted by atomic mass is 16.6. The van der Waals surface area contributed by atoms with Gasteiger partial charge in [-0.3, -0.25) is 19.7 Å². The number of nitro groups is 1. The van der Waals surface area contributed by atoms with Gasteiger partial charge in [-0.2, -0.15) is 0 Å². The zero-order valence-electron chi connectivity index (χ0n) is 13.2. The number of carbonyl (C=O) groups is 2. The highest BCUT2D eigenvalue weighted by Gasteiger charge is 2.25. The van der Waals surface area contributed by atoms with Crippen LogP contribution in [0.1, 0.15) is 17.3 Å². The summed E-state index contributed by atoms with van der Waals surface area (Å²) in [5.41, 5.74) is 0.00734. The lowest BCUT2D eigenvalue weighted by Gasteiger charge is -2.34. The summed E-state index contributed by atoms with van der Waals surface area (Å²) in [6.07, 6.45) is 0. The molecule has 1 atom stereocenters. The summed E-state index contributed by atoms with van der Waals surface area (Å²) in [6, 6.07) is 4.76. The summed E-state index contributed by atoms with van der Waals surface area (Å²) in [5, 5.41) is 13.4. The zero-order valence-corrected chi connectivity index (χ0v) is 13.2. The van der Waals surface area contributed by atoms with Gasteiger partial charge in [0.2, 0.25) is 5.91 Å². The molecule has 0 spiro atoms. The van der Waals surface area contributed by atoms with Crippen molar-refractivity contribution >= 4 is 17.5 Å². The molecule has 0 saturated carbocycles. The van der Waals surface area contributed by atoms with E-state index in [0.29, 0.717) is 13.1 Å². The molecule has 23 heavy (non-hydrogen) atoms. The first kappa shape index (κ1) is 16.9. The van der Waals surface area contributed by atoms with Crippen LogP contribution in [0.15, 0.2) is 24.3 Å². The Labute approximate surface area is 134 Å². The van der Waals surface area contributed by atoms with Gasteiger partial charge in [0.05, 0.1) is 4.92 Å².